The zero-order chi connectivity index (χ0) is 30.1. The van der Waals surface area contributed by atoms with Gasteiger partial charge < -0.3 is 19.7 Å². The minimum atomic E-state index is -2.35. The van der Waals surface area contributed by atoms with Crippen LogP contribution >= 0.6 is 0 Å². The number of carbonyl (C=O) groups is 3. The average molecular weight is 577 g/mol. The number of aliphatic hydroxyl groups is 1. The third kappa shape index (κ3) is 3.19. The summed E-state index contributed by atoms with van der Waals surface area (Å²) in [6.07, 6.45) is 1.04. The number of ketones is 1. The predicted molar refractivity (Wildman–Crippen MR) is 144 cm³/mol. The van der Waals surface area contributed by atoms with Crippen molar-refractivity contribution in [3.8, 4) is 0 Å². The molecule has 9 heteroatoms. The average Bonchev–Trinajstić information content (AvgIpc) is 3.32. The van der Waals surface area contributed by atoms with Crippen molar-refractivity contribution >= 4 is 17.9 Å². The number of hydrogen-bond acceptors (Lipinski definition) is 6. The van der Waals surface area contributed by atoms with Crippen LogP contribution in [0.4, 0.5) is 13.6 Å². The van der Waals surface area contributed by atoms with Crippen LogP contribution in [0.25, 0.3) is 0 Å². The van der Waals surface area contributed by atoms with E-state index in [1.165, 1.54) is 19.1 Å². The largest absolute Gasteiger partial charge is 0.509 e. The molecule has 0 spiro atoms. The number of hydrogen-bond donors (Lipinski definition) is 2. The van der Waals surface area contributed by atoms with Gasteiger partial charge in [-0.15, -0.1) is 0 Å². The second kappa shape index (κ2) is 8.42. The molecule has 6 aliphatic carbocycles. The van der Waals surface area contributed by atoms with E-state index in [0.717, 1.165) is 18.9 Å². The number of rotatable bonds is 3. The van der Waals surface area contributed by atoms with Crippen molar-refractivity contribution in [2.24, 2.45) is 45.3 Å². The molecular weight excluding hydrogens is 534 g/mol. The fraction of sp³-hybridized carbons (Fsp3) is 0.781. The lowest BCUT2D eigenvalue weighted by Crippen LogP contribution is -2.71. The summed E-state index contributed by atoms with van der Waals surface area (Å²) in [5.41, 5.74) is -7.73. The topological polar surface area (TPSA) is 110 Å². The minimum Gasteiger partial charge on any atom is -0.478 e. The monoisotopic (exact) mass is 576 g/mol. The van der Waals surface area contributed by atoms with Crippen LogP contribution in [-0.4, -0.2) is 57.8 Å². The molecule has 7 nitrogen and oxygen atoms in total. The highest BCUT2D eigenvalue weighted by molar-refractivity contribution is 6.01. The van der Waals surface area contributed by atoms with Crippen LogP contribution in [0.5, 0.6) is 0 Å². The Hall–Kier alpha value is -2.29. The molecule has 12 atom stereocenters. The summed E-state index contributed by atoms with van der Waals surface area (Å²) >= 11 is 0. The predicted octanol–water partition coefficient (Wildman–Crippen LogP) is 5.74. The Bertz CT molecular complexity index is 1280. The first kappa shape index (κ1) is 28.8. The van der Waals surface area contributed by atoms with Gasteiger partial charge in [-0.05, 0) is 80.4 Å². The molecule has 5 saturated carbocycles. The van der Waals surface area contributed by atoms with Gasteiger partial charge in [-0.2, -0.15) is 0 Å². The molecule has 2 bridgehead atoms. The summed E-state index contributed by atoms with van der Waals surface area (Å²) in [5.74, 6) is -3.96. The quantitative estimate of drug-likeness (QED) is 0.412. The molecule has 41 heavy (non-hydrogen) atoms. The molecular formula is C32H42F2O7. The number of allylic oxidation sites excluding steroid dienone is 4. The van der Waals surface area contributed by atoms with Crippen molar-refractivity contribution in [2.45, 2.75) is 110 Å². The number of aliphatic hydroxyl groups excluding tert-OH is 1. The molecule has 226 valence electrons. The molecule has 0 saturated heterocycles. The van der Waals surface area contributed by atoms with E-state index in [4.69, 9.17) is 9.47 Å². The summed E-state index contributed by atoms with van der Waals surface area (Å²) in [6, 6.07) is 0. The van der Waals surface area contributed by atoms with Crippen LogP contribution in [0.2, 0.25) is 0 Å². The maximum Gasteiger partial charge on any atom is 0.509 e. The van der Waals surface area contributed by atoms with Gasteiger partial charge in [-0.1, -0.05) is 40.7 Å². The molecule has 0 amide bonds. The van der Waals surface area contributed by atoms with E-state index in [2.05, 4.69) is 20.8 Å². The van der Waals surface area contributed by atoms with Crippen molar-refractivity contribution in [3.63, 3.8) is 0 Å². The zero-order valence-electron chi connectivity index (χ0n) is 24.7. The van der Waals surface area contributed by atoms with E-state index in [-0.39, 0.29) is 35.7 Å². The van der Waals surface area contributed by atoms with E-state index in [1.54, 1.807) is 13.8 Å². The van der Waals surface area contributed by atoms with Crippen molar-refractivity contribution in [3.05, 3.63) is 23.8 Å². The number of aliphatic carboxylic acids is 1. The lowest BCUT2D eigenvalue weighted by molar-refractivity contribution is -0.232. The maximum atomic E-state index is 17.5. The summed E-state index contributed by atoms with van der Waals surface area (Å²) in [5, 5.41) is 22.3. The van der Waals surface area contributed by atoms with Gasteiger partial charge in [0.15, 0.2) is 11.5 Å². The Labute approximate surface area is 239 Å². The first-order chi connectivity index (χ1) is 18.9. The summed E-state index contributed by atoms with van der Waals surface area (Å²) in [4.78, 5) is 38.7. The van der Waals surface area contributed by atoms with Crippen LogP contribution in [0.3, 0.4) is 0 Å². The van der Waals surface area contributed by atoms with E-state index in [0.29, 0.717) is 12.3 Å². The van der Waals surface area contributed by atoms with Crippen LogP contribution in [0.1, 0.15) is 80.1 Å². The van der Waals surface area contributed by atoms with Crippen LogP contribution in [0, 0.1) is 45.3 Å². The SMILES string of the molecule is C[C@@H]1C[C@H]2[C@@H]3C[C@H](F)C4=CC(=O)C=C[C@]4(C)C3(F)[C@@H](O)C[C@]2(C)[C@]1(OC(=O)O[C@H]1C[C@@H]2CC[C@@]1(C)C2(C)C)C(=O)O. The molecule has 0 aliphatic heterocycles. The van der Waals surface area contributed by atoms with Gasteiger partial charge in [0.25, 0.3) is 0 Å². The molecule has 2 N–H and O–H groups in total. The number of carboxylic acids is 1. The highest BCUT2D eigenvalue weighted by atomic mass is 19.1. The highest BCUT2D eigenvalue weighted by Crippen LogP contribution is 2.72. The van der Waals surface area contributed by atoms with Crippen LogP contribution in [-0.2, 0) is 19.1 Å². The number of fused-ring (bicyclic) bond motifs is 7. The lowest BCUT2D eigenvalue weighted by Gasteiger charge is -2.62. The van der Waals surface area contributed by atoms with E-state index >= 15 is 8.78 Å². The number of alkyl halides is 2. The van der Waals surface area contributed by atoms with E-state index in [9.17, 15) is 24.6 Å². The van der Waals surface area contributed by atoms with Crippen molar-refractivity contribution in [2.75, 3.05) is 0 Å². The lowest BCUT2D eigenvalue weighted by atomic mass is 9.44. The second-order valence-corrected chi connectivity index (χ2v) is 15.1. The minimum absolute atomic E-state index is 0.00375. The Kier molecular flexibility index (Phi) is 5.91. The molecule has 0 heterocycles. The molecule has 0 aromatic heterocycles. The zero-order valence-corrected chi connectivity index (χ0v) is 24.7. The molecule has 6 aliphatic rings. The molecule has 6 rings (SSSR count). The number of ether oxygens (including phenoxy) is 2. The van der Waals surface area contributed by atoms with Gasteiger partial charge in [-0.25, -0.2) is 18.4 Å². The van der Waals surface area contributed by atoms with Gasteiger partial charge in [0.2, 0.25) is 5.60 Å². The van der Waals surface area contributed by atoms with Crippen molar-refractivity contribution < 1.29 is 42.9 Å². The Morgan fingerprint density at radius 2 is 1.73 bits per heavy atom. The second-order valence-electron chi connectivity index (χ2n) is 15.1. The number of carbonyl (C=O) groups excluding carboxylic acids is 2. The Balaban J connectivity index is 1.35. The van der Waals surface area contributed by atoms with Crippen molar-refractivity contribution in [1.29, 1.82) is 0 Å². The van der Waals surface area contributed by atoms with E-state index < -0.39 is 76.1 Å². The molecule has 0 aromatic rings. The summed E-state index contributed by atoms with van der Waals surface area (Å²) < 4.78 is 45.0. The first-order valence-corrected chi connectivity index (χ1v) is 15.0. The smallest absolute Gasteiger partial charge is 0.478 e. The van der Waals surface area contributed by atoms with Gasteiger partial charge >= 0.3 is 12.1 Å². The Morgan fingerprint density at radius 1 is 1.05 bits per heavy atom. The third-order valence-corrected chi connectivity index (χ3v) is 13.7. The van der Waals surface area contributed by atoms with Crippen molar-refractivity contribution in [1.82, 2.24) is 0 Å². The van der Waals surface area contributed by atoms with Gasteiger partial charge in [0, 0.05) is 28.1 Å². The third-order valence-electron chi connectivity index (χ3n) is 13.7. The number of carboxylic acid groups (broad SMARTS) is 1. The standard InChI is InChI=1S/C32H42F2O7/c1-16-11-19-20-14-22(33)21-13-18(35)8-10-28(21,4)31(20,34)23(36)15-30(19,6)32(16,25(37)38)41-26(39)40-24-12-17-7-9-29(24,5)27(17,2)3/h8,10,13,16-17,19-20,22-24,36H,7,9,11-12,14-15H2,1-6H3,(H,37,38)/t16-,17+,19+,20+,22+,23+,24+,28+,29-,30+,31?,32-/m1/s1. The molecule has 1 unspecified atom stereocenters. The van der Waals surface area contributed by atoms with Gasteiger partial charge in [0.05, 0.1) is 6.10 Å². The molecule has 0 radical (unpaired) electrons. The van der Waals surface area contributed by atoms with E-state index in [1.807, 2.05) is 0 Å². The molecule has 5 fully saturated rings. The fourth-order valence-corrected chi connectivity index (χ4v) is 10.8. The van der Waals surface area contributed by atoms with Gasteiger partial charge in [-0.3, -0.25) is 4.79 Å². The summed E-state index contributed by atoms with van der Waals surface area (Å²) in [6.45, 7) is 11.2. The Morgan fingerprint density at radius 3 is 2.32 bits per heavy atom. The highest BCUT2D eigenvalue weighted by Gasteiger charge is 2.79. The number of halogens is 2. The summed E-state index contributed by atoms with van der Waals surface area (Å²) in [7, 11) is 0. The maximum absolute atomic E-state index is 17.5. The molecule has 0 aromatic carbocycles. The first-order valence-electron chi connectivity index (χ1n) is 15.0. The van der Waals surface area contributed by atoms with Crippen LogP contribution in [0.15, 0.2) is 23.8 Å². The fourth-order valence-electron chi connectivity index (χ4n) is 10.8. The van der Waals surface area contributed by atoms with Gasteiger partial charge in [0.1, 0.15) is 12.3 Å². The van der Waals surface area contributed by atoms with Crippen LogP contribution < -0.4 is 0 Å². The normalized spacial score (nSPS) is 52.8.